The molecule has 0 bridgehead atoms. The zero-order valence-electron chi connectivity index (χ0n) is 10.4. The molecule has 5 heteroatoms. The van der Waals surface area contributed by atoms with Crippen LogP contribution in [0.4, 0.5) is 0 Å². The number of hydrazine groups is 1. The van der Waals surface area contributed by atoms with Crippen molar-refractivity contribution in [3.05, 3.63) is 34.9 Å². The third-order valence-electron chi connectivity index (χ3n) is 2.20. The number of benzene rings is 1. The summed E-state index contributed by atoms with van der Waals surface area (Å²) >= 11 is 5.84. The van der Waals surface area contributed by atoms with Crippen molar-refractivity contribution in [1.82, 2.24) is 10.3 Å². The summed E-state index contributed by atoms with van der Waals surface area (Å²) in [6, 6.07) is 7.93. The van der Waals surface area contributed by atoms with Gasteiger partial charge in [-0.05, 0) is 31.5 Å². The first-order valence-electron chi connectivity index (χ1n) is 5.53. The van der Waals surface area contributed by atoms with Gasteiger partial charge in [-0.1, -0.05) is 23.7 Å². The van der Waals surface area contributed by atoms with Crippen molar-refractivity contribution in [1.29, 1.82) is 0 Å². The highest BCUT2D eigenvalue weighted by Crippen LogP contribution is 2.11. The lowest BCUT2D eigenvalue weighted by molar-refractivity contribution is 0.474. The Balaban J connectivity index is 2.70. The molecule has 0 aliphatic carbocycles. The number of halogens is 1. The Hall–Kier alpha value is -1.26. The molecule has 0 saturated heterocycles. The Morgan fingerprint density at radius 1 is 1.41 bits per heavy atom. The quantitative estimate of drug-likeness (QED) is 0.376. The Bertz CT molecular complexity index is 373. The SMILES string of the molecule is CC(C)N=C(NN)N(C)Cc1ccc(Cl)cc1. The van der Waals surface area contributed by atoms with Gasteiger partial charge in [-0.25, -0.2) is 10.8 Å². The highest BCUT2D eigenvalue weighted by Gasteiger charge is 2.06. The molecule has 0 heterocycles. The second kappa shape index (κ2) is 6.47. The van der Waals surface area contributed by atoms with Gasteiger partial charge < -0.3 is 4.90 Å². The van der Waals surface area contributed by atoms with Crippen molar-refractivity contribution < 1.29 is 0 Å². The van der Waals surface area contributed by atoms with Gasteiger partial charge in [0.25, 0.3) is 0 Å². The van der Waals surface area contributed by atoms with Gasteiger partial charge in [0.2, 0.25) is 5.96 Å². The molecule has 0 aliphatic heterocycles. The zero-order chi connectivity index (χ0) is 12.8. The minimum Gasteiger partial charge on any atom is -0.341 e. The predicted molar refractivity (Wildman–Crippen MR) is 72.8 cm³/mol. The molecule has 0 aliphatic rings. The highest BCUT2D eigenvalue weighted by atomic mass is 35.5. The molecule has 0 radical (unpaired) electrons. The van der Waals surface area contributed by atoms with E-state index in [1.165, 1.54) is 0 Å². The van der Waals surface area contributed by atoms with E-state index >= 15 is 0 Å². The Morgan fingerprint density at radius 2 is 2.00 bits per heavy atom. The largest absolute Gasteiger partial charge is 0.341 e. The topological polar surface area (TPSA) is 53.6 Å². The fraction of sp³-hybridized carbons (Fsp3) is 0.417. The maximum atomic E-state index is 5.84. The lowest BCUT2D eigenvalue weighted by Crippen LogP contribution is -2.42. The van der Waals surface area contributed by atoms with Crippen molar-refractivity contribution in [2.24, 2.45) is 10.8 Å². The molecule has 17 heavy (non-hydrogen) atoms. The number of rotatable bonds is 3. The minimum absolute atomic E-state index is 0.203. The number of guanidine groups is 1. The second-order valence-corrected chi connectivity index (χ2v) is 4.61. The van der Waals surface area contributed by atoms with Gasteiger partial charge in [0.1, 0.15) is 0 Å². The summed E-state index contributed by atoms with van der Waals surface area (Å²) in [5.41, 5.74) is 3.77. The van der Waals surface area contributed by atoms with Crippen LogP contribution in [0.1, 0.15) is 19.4 Å². The van der Waals surface area contributed by atoms with Crippen molar-refractivity contribution in [2.45, 2.75) is 26.4 Å². The van der Waals surface area contributed by atoms with E-state index in [9.17, 15) is 0 Å². The standard InChI is InChI=1S/C12H19ClN4/c1-9(2)15-12(16-14)17(3)8-10-4-6-11(13)7-5-10/h4-7,9H,8,14H2,1-3H3,(H,15,16). The Kier molecular flexibility index (Phi) is 5.25. The van der Waals surface area contributed by atoms with Gasteiger partial charge in [0.05, 0.1) is 0 Å². The predicted octanol–water partition coefficient (Wildman–Crippen LogP) is 2.00. The number of aliphatic imine (C=N–C) groups is 1. The second-order valence-electron chi connectivity index (χ2n) is 4.17. The van der Waals surface area contributed by atoms with Gasteiger partial charge >= 0.3 is 0 Å². The zero-order valence-corrected chi connectivity index (χ0v) is 11.2. The molecule has 94 valence electrons. The average molecular weight is 255 g/mol. The monoisotopic (exact) mass is 254 g/mol. The summed E-state index contributed by atoms with van der Waals surface area (Å²) in [6.07, 6.45) is 0. The summed E-state index contributed by atoms with van der Waals surface area (Å²) in [5.74, 6) is 6.13. The first kappa shape index (κ1) is 13.8. The van der Waals surface area contributed by atoms with Gasteiger partial charge in [0, 0.05) is 24.7 Å². The van der Waals surface area contributed by atoms with Crippen LogP contribution in [0.2, 0.25) is 5.02 Å². The average Bonchev–Trinajstić information content (AvgIpc) is 2.28. The van der Waals surface area contributed by atoms with E-state index in [1.807, 2.05) is 50.1 Å². The molecule has 1 rings (SSSR count). The summed E-state index contributed by atoms with van der Waals surface area (Å²) in [4.78, 5) is 6.35. The number of nitrogens with zero attached hydrogens (tertiary/aromatic N) is 2. The van der Waals surface area contributed by atoms with Crippen molar-refractivity contribution in [2.75, 3.05) is 7.05 Å². The normalized spacial score (nSPS) is 11.8. The molecule has 1 aromatic rings. The highest BCUT2D eigenvalue weighted by molar-refractivity contribution is 6.30. The molecular weight excluding hydrogens is 236 g/mol. The van der Waals surface area contributed by atoms with E-state index in [0.717, 1.165) is 17.1 Å². The van der Waals surface area contributed by atoms with Crippen LogP contribution in [0.25, 0.3) is 0 Å². The van der Waals surface area contributed by atoms with E-state index in [-0.39, 0.29) is 6.04 Å². The van der Waals surface area contributed by atoms with E-state index in [4.69, 9.17) is 17.4 Å². The fourth-order valence-corrected chi connectivity index (χ4v) is 1.56. The molecule has 0 spiro atoms. The van der Waals surface area contributed by atoms with Crippen LogP contribution >= 0.6 is 11.6 Å². The van der Waals surface area contributed by atoms with Crippen LogP contribution in [0.5, 0.6) is 0 Å². The number of hydrogen-bond donors (Lipinski definition) is 2. The third-order valence-corrected chi connectivity index (χ3v) is 2.46. The van der Waals surface area contributed by atoms with Gasteiger partial charge in [-0.3, -0.25) is 5.43 Å². The van der Waals surface area contributed by atoms with Crippen LogP contribution in [0, 0.1) is 0 Å². The molecule has 0 saturated carbocycles. The smallest absolute Gasteiger partial charge is 0.208 e. The molecule has 3 N–H and O–H groups in total. The van der Waals surface area contributed by atoms with Crippen LogP contribution < -0.4 is 11.3 Å². The number of hydrogen-bond acceptors (Lipinski definition) is 2. The van der Waals surface area contributed by atoms with Crippen molar-refractivity contribution in [3.8, 4) is 0 Å². The van der Waals surface area contributed by atoms with Crippen molar-refractivity contribution >= 4 is 17.6 Å². The fourth-order valence-electron chi connectivity index (χ4n) is 1.43. The van der Waals surface area contributed by atoms with E-state index in [0.29, 0.717) is 5.96 Å². The van der Waals surface area contributed by atoms with E-state index in [2.05, 4.69) is 10.4 Å². The lowest BCUT2D eigenvalue weighted by atomic mass is 10.2. The molecule has 0 amide bonds. The van der Waals surface area contributed by atoms with Gasteiger partial charge in [-0.2, -0.15) is 0 Å². The van der Waals surface area contributed by atoms with E-state index in [1.54, 1.807) is 0 Å². The first-order chi connectivity index (χ1) is 8.02. The summed E-state index contributed by atoms with van der Waals surface area (Å²) in [5, 5.41) is 0.740. The molecule has 1 aromatic carbocycles. The molecular formula is C12H19ClN4. The molecule has 0 unspecified atom stereocenters. The maximum absolute atomic E-state index is 5.84. The Morgan fingerprint density at radius 3 is 2.47 bits per heavy atom. The molecule has 4 nitrogen and oxygen atoms in total. The number of nitrogens with one attached hydrogen (secondary N) is 1. The summed E-state index contributed by atoms with van der Waals surface area (Å²) < 4.78 is 0. The minimum atomic E-state index is 0.203. The van der Waals surface area contributed by atoms with E-state index < -0.39 is 0 Å². The first-order valence-corrected chi connectivity index (χ1v) is 5.90. The maximum Gasteiger partial charge on any atom is 0.208 e. The lowest BCUT2D eigenvalue weighted by Gasteiger charge is -2.21. The van der Waals surface area contributed by atoms with Crippen LogP contribution in [0.3, 0.4) is 0 Å². The van der Waals surface area contributed by atoms with Gasteiger partial charge in [0.15, 0.2) is 0 Å². The molecule has 0 atom stereocenters. The molecule has 0 fully saturated rings. The molecule has 0 aromatic heterocycles. The third kappa shape index (κ3) is 4.63. The van der Waals surface area contributed by atoms with Crippen LogP contribution in [-0.2, 0) is 6.54 Å². The van der Waals surface area contributed by atoms with Crippen molar-refractivity contribution in [3.63, 3.8) is 0 Å². The van der Waals surface area contributed by atoms with Gasteiger partial charge in [-0.15, -0.1) is 0 Å². The summed E-state index contributed by atoms with van der Waals surface area (Å²) in [7, 11) is 1.94. The Labute approximate surface area is 107 Å². The van der Waals surface area contributed by atoms with Crippen LogP contribution in [0.15, 0.2) is 29.3 Å². The summed E-state index contributed by atoms with van der Waals surface area (Å²) in [6.45, 7) is 4.74. The van der Waals surface area contributed by atoms with Crippen LogP contribution in [-0.4, -0.2) is 23.9 Å². The number of nitrogens with two attached hydrogens (primary N) is 1.